The van der Waals surface area contributed by atoms with Gasteiger partial charge in [0.15, 0.2) is 5.11 Å². The maximum Gasteiger partial charge on any atom is 0.170 e. The van der Waals surface area contributed by atoms with E-state index in [1.165, 1.54) is 5.56 Å². The molecule has 134 valence electrons. The van der Waals surface area contributed by atoms with E-state index in [1.807, 2.05) is 50.2 Å². The van der Waals surface area contributed by atoms with Gasteiger partial charge in [0.1, 0.15) is 11.5 Å². The Bertz CT molecular complexity index is 672. The molecule has 0 aliphatic heterocycles. The normalized spacial score (nSPS) is 10.4. The lowest BCUT2D eigenvalue weighted by molar-refractivity contribution is 0.242. The van der Waals surface area contributed by atoms with Crippen molar-refractivity contribution in [1.29, 1.82) is 0 Å². The average Bonchev–Trinajstić information content (AvgIpc) is 2.60. The third-order valence-electron chi connectivity index (χ3n) is 3.55. The fourth-order valence-corrected chi connectivity index (χ4v) is 2.60. The van der Waals surface area contributed by atoms with Crippen LogP contribution in [0.1, 0.15) is 25.8 Å². The smallest absolute Gasteiger partial charge is 0.170 e. The molecule has 0 unspecified atom stereocenters. The number of anilines is 1. The van der Waals surface area contributed by atoms with Crippen LogP contribution in [0.3, 0.4) is 0 Å². The Balaban J connectivity index is 1.69. The van der Waals surface area contributed by atoms with E-state index in [1.54, 1.807) is 7.11 Å². The molecule has 0 spiro atoms. The van der Waals surface area contributed by atoms with Gasteiger partial charge >= 0.3 is 0 Å². The Hall–Kier alpha value is -2.27. The van der Waals surface area contributed by atoms with Crippen molar-refractivity contribution in [2.75, 3.05) is 19.0 Å². The molecule has 0 amide bonds. The number of thiocarbonyl (C=S) groups is 1. The van der Waals surface area contributed by atoms with Crippen molar-refractivity contribution in [3.8, 4) is 11.5 Å². The van der Waals surface area contributed by atoms with Crippen LogP contribution >= 0.6 is 12.2 Å². The van der Waals surface area contributed by atoms with E-state index in [0.717, 1.165) is 36.6 Å². The number of ether oxygens (including phenoxy) is 2. The zero-order valence-corrected chi connectivity index (χ0v) is 15.9. The van der Waals surface area contributed by atoms with E-state index in [2.05, 4.69) is 22.8 Å². The van der Waals surface area contributed by atoms with Gasteiger partial charge in [0.05, 0.1) is 13.2 Å². The highest BCUT2D eigenvalue weighted by Crippen LogP contribution is 2.17. The molecular weight excluding hydrogens is 332 g/mol. The van der Waals surface area contributed by atoms with Crippen LogP contribution in [0.25, 0.3) is 0 Å². The molecule has 0 atom stereocenters. The molecule has 0 fully saturated rings. The monoisotopic (exact) mass is 358 g/mol. The van der Waals surface area contributed by atoms with Crippen LogP contribution in [-0.4, -0.2) is 24.9 Å². The van der Waals surface area contributed by atoms with Crippen molar-refractivity contribution in [3.05, 3.63) is 54.1 Å². The van der Waals surface area contributed by atoms with Gasteiger partial charge in [-0.3, -0.25) is 0 Å². The first kappa shape index (κ1) is 19.1. The second-order valence-electron chi connectivity index (χ2n) is 6.03. The third kappa shape index (κ3) is 7.01. The van der Waals surface area contributed by atoms with Gasteiger partial charge in [-0.15, -0.1) is 0 Å². The standard InChI is InChI=1S/C20H26N2O2S/c1-15(2)24-18-11-9-16(10-12-18)6-5-13-21-20(25)22-17-7-4-8-19(14-17)23-3/h4,7-12,14-15H,5-6,13H2,1-3H3,(H2,21,22,25). The summed E-state index contributed by atoms with van der Waals surface area (Å²) in [6, 6.07) is 16.0. The van der Waals surface area contributed by atoms with E-state index >= 15 is 0 Å². The molecule has 25 heavy (non-hydrogen) atoms. The first-order chi connectivity index (χ1) is 12.1. The largest absolute Gasteiger partial charge is 0.497 e. The van der Waals surface area contributed by atoms with Crippen LogP contribution in [-0.2, 0) is 6.42 Å². The van der Waals surface area contributed by atoms with Gasteiger partial charge in [0.25, 0.3) is 0 Å². The van der Waals surface area contributed by atoms with E-state index in [-0.39, 0.29) is 6.10 Å². The lowest BCUT2D eigenvalue weighted by Gasteiger charge is -2.12. The Labute approximate surface area is 155 Å². The molecule has 0 aliphatic rings. The first-order valence-corrected chi connectivity index (χ1v) is 8.92. The van der Waals surface area contributed by atoms with Crippen molar-refractivity contribution < 1.29 is 9.47 Å². The molecule has 5 heteroatoms. The summed E-state index contributed by atoms with van der Waals surface area (Å²) in [5.74, 6) is 1.72. The number of nitrogens with one attached hydrogen (secondary N) is 2. The summed E-state index contributed by atoms with van der Waals surface area (Å²) in [4.78, 5) is 0. The van der Waals surface area contributed by atoms with Crippen LogP contribution in [0.5, 0.6) is 11.5 Å². The van der Waals surface area contributed by atoms with Gasteiger partial charge in [-0.1, -0.05) is 18.2 Å². The molecule has 2 aromatic rings. The molecule has 0 bridgehead atoms. The molecule has 0 aliphatic carbocycles. The molecule has 0 radical (unpaired) electrons. The summed E-state index contributed by atoms with van der Waals surface area (Å²) >= 11 is 5.32. The van der Waals surface area contributed by atoms with E-state index < -0.39 is 0 Å². The van der Waals surface area contributed by atoms with Gasteiger partial charge < -0.3 is 20.1 Å². The third-order valence-corrected chi connectivity index (χ3v) is 3.80. The van der Waals surface area contributed by atoms with Gasteiger partial charge in [0.2, 0.25) is 0 Å². The maximum atomic E-state index is 5.65. The highest BCUT2D eigenvalue weighted by Gasteiger charge is 2.01. The number of benzene rings is 2. The highest BCUT2D eigenvalue weighted by atomic mass is 32.1. The molecule has 0 saturated heterocycles. The van der Waals surface area contributed by atoms with E-state index in [9.17, 15) is 0 Å². The topological polar surface area (TPSA) is 42.5 Å². The zero-order valence-electron chi connectivity index (χ0n) is 15.0. The van der Waals surface area contributed by atoms with Crippen molar-refractivity contribution in [2.24, 2.45) is 0 Å². The molecule has 2 N–H and O–H groups in total. The van der Waals surface area contributed by atoms with Crippen LogP contribution in [0, 0.1) is 0 Å². The number of hydrogen-bond acceptors (Lipinski definition) is 3. The minimum absolute atomic E-state index is 0.202. The van der Waals surface area contributed by atoms with E-state index in [0.29, 0.717) is 5.11 Å². The van der Waals surface area contributed by atoms with Crippen LogP contribution in [0.4, 0.5) is 5.69 Å². The Kier molecular flexibility index (Phi) is 7.54. The highest BCUT2D eigenvalue weighted by molar-refractivity contribution is 7.80. The minimum atomic E-state index is 0.202. The summed E-state index contributed by atoms with van der Waals surface area (Å²) < 4.78 is 10.9. The number of rotatable bonds is 8. The quantitative estimate of drug-likeness (QED) is 0.541. The van der Waals surface area contributed by atoms with Crippen molar-refractivity contribution in [3.63, 3.8) is 0 Å². The molecule has 0 heterocycles. The molecule has 0 aromatic heterocycles. The Morgan fingerprint density at radius 1 is 1.08 bits per heavy atom. The second kappa shape index (κ2) is 9.89. The summed E-state index contributed by atoms with van der Waals surface area (Å²) in [6.07, 6.45) is 2.20. The lowest BCUT2D eigenvalue weighted by Crippen LogP contribution is -2.29. The van der Waals surface area contributed by atoms with Gasteiger partial charge in [-0.25, -0.2) is 0 Å². The SMILES string of the molecule is COc1cccc(NC(=S)NCCCc2ccc(OC(C)C)cc2)c1. The molecule has 0 saturated carbocycles. The van der Waals surface area contributed by atoms with Crippen LogP contribution < -0.4 is 20.1 Å². The maximum absolute atomic E-state index is 5.65. The average molecular weight is 359 g/mol. The Morgan fingerprint density at radius 3 is 2.52 bits per heavy atom. The second-order valence-corrected chi connectivity index (χ2v) is 6.44. The van der Waals surface area contributed by atoms with Crippen molar-refractivity contribution in [1.82, 2.24) is 5.32 Å². The zero-order chi connectivity index (χ0) is 18.1. The van der Waals surface area contributed by atoms with Crippen LogP contribution in [0.15, 0.2) is 48.5 Å². The molecule has 2 rings (SSSR count). The first-order valence-electron chi connectivity index (χ1n) is 8.51. The number of methoxy groups -OCH3 is 1. The summed E-state index contributed by atoms with van der Waals surface area (Å²) in [5.41, 5.74) is 2.21. The van der Waals surface area contributed by atoms with Crippen molar-refractivity contribution in [2.45, 2.75) is 32.8 Å². The van der Waals surface area contributed by atoms with Gasteiger partial charge in [-0.05, 0) is 68.7 Å². The molecular formula is C20H26N2O2S. The molecule has 4 nitrogen and oxygen atoms in total. The summed E-state index contributed by atoms with van der Waals surface area (Å²) in [5, 5.41) is 7.02. The minimum Gasteiger partial charge on any atom is -0.497 e. The predicted octanol–water partition coefficient (Wildman–Crippen LogP) is 4.40. The van der Waals surface area contributed by atoms with Crippen LogP contribution in [0.2, 0.25) is 0 Å². The molecule has 2 aromatic carbocycles. The number of aryl methyl sites for hydroxylation is 1. The summed E-state index contributed by atoms with van der Waals surface area (Å²) in [7, 11) is 1.65. The fourth-order valence-electron chi connectivity index (χ4n) is 2.38. The summed E-state index contributed by atoms with van der Waals surface area (Å²) in [6.45, 7) is 4.88. The number of hydrogen-bond donors (Lipinski definition) is 2. The van der Waals surface area contributed by atoms with Gasteiger partial charge in [-0.2, -0.15) is 0 Å². The Morgan fingerprint density at radius 2 is 1.84 bits per heavy atom. The predicted molar refractivity (Wildman–Crippen MR) is 108 cm³/mol. The van der Waals surface area contributed by atoms with Crippen molar-refractivity contribution >= 4 is 23.0 Å². The lowest BCUT2D eigenvalue weighted by atomic mass is 10.1. The van der Waals surface area contributed by atoms with E-state index in [4.69, 9.17) is 21.7 Å². The fraction of sp³-hybridized carbons (Fsp3) is 0.350. The van der Waals surface area contributed by atoms with Gasteiger partial charge in [0, 0.05) is 18.3 Å².